The lowest BCUT2D eigenvalue weighted by Gasteiger charge is -2.07. The quantitative estimate of drug-likeness (QED) is 0.651. The van der Waals surface area contributed by atoms with Crippen LogP contribution in [0.4, 0.5) is 0 Å². The molecule has 2 rings (SSSR count). The fraction of sp³-hybridized carbons (Fsp3) is 0.222. The Morgan fingerprint density at radius 1 is 1.62 bits per heavy atom. The zero-order valence-corrected chi connectivity index (χ0v) is 7.11. The largest absolute Gasteiger partial charge is 0.478 e. The molecule has 2 heterocycles. The van der Waals surface area contributed by atoms with Crippen LogP contribution in [-0.2, 0) is 4.79 Å². The van der Waals surface area contributed by atoms with Gasteiger partial charge in [-0.15, -0.1) is 0 Å². The lowest BCUT2D eigenvalue weighted by molar-refractivity contribution is -0.132. The third-order valence-corrected chi connectivity index (χ3v) is 1.95. The minimum atomic E-state index is -0.909. The number of aliphatic carboxylic acids is 1. The van der Waals surface area contributed by atoms with Gasteiger partial charge in [-0.3, -0.25) is 0 Å². The van der Waals surface area contributed by atoms with E-state index in [2.05, 4.69) is 9.98 Å². The summed E-state index contributed by atoms with van der Waals surface area (Å²) in [6, 6.07) is 0. The van der Waals surface area contributed by atoms with Crippen molar-refractivity contribution < 1.29 is 9.90 Å². The smallest absolute Gasteiger partial charge is 0.333 e. The van der Waals surface area contributed by atoms with E-state index < -0.39 is 5.97 Å². The predicted molar refractivity (Wildman–Crippen MR) is 49.0 cm³/mol. The molecule has 0 unspecified atom stereocenters. The maximum Gasteiger partial charge on any atom is 0.333 e. The van der Waals surface area contributed by atoms with Crippen LogP contribution in [0.3, 0.4) is 0 Å². The van der Waals surface area contributed by atoms with Gasteiger partial charge in [0.25, 0.3) is 0 Å². The Morgan fingerprint density at radius 2 is 2.38 bits per heavy atom. The molecular formula is C9H8N2O2. The van der Waals surface area contributed by atoms with Crippen molar-refractivity contribution in [2.24, 2.45) is 9.98 Å². The topological polar surface area (TPSA) is 62.0 Å². The van der Waals surface area contributed by atoms with E-state index >= 15 is 0 Å². The van der Waals surface area contributed by atoms with Gasteiger partial charge in [-0.1, -0.05) is 0 Å². The van der Waals surface area contributed by atoms with Crippen molar-refractivity contribution in [1.82, 2.24) is 0 Å². The Bertz CT molecular complexity index is 400. The van der Waals surface area contributed by atoms with Crippen molar-refractivity contribution in [3.05, 3.63) is 23.4 Å². The Kier molecular flexibility index (Phi) is 1.62. The standard InChI is InChI=1S/C9H8N2O2/c1-5-2-6-3-7(9(12)13)4-10-8(6)11-5/h2,4H,3H2,1H3,(H,12,13). The normalized spacial score (nSPS) is 19.8. The fourth-order valence-electron chi connectivity index (χ4n) is 1.35. The number of nitrogens with zero attached hydrogens (tertiary/aromatic N) is 2. The molecule has 0 saturated carbocycles. The zero-order valence-electron chi connectivity index (χ0n) is 7.11. The lowest BCUT2D eigenvalue weighted by Crippen LogP contribution is -2.08. The molecule has 2 aliphatic rings. The van der Waals surface area contributed by atoms with E-state index in [1.807, 2.05) is 13.0 Å². The van der Waals surface area contributed by atoms with Crippen molar-refractivity contribution in [1.29, 1.82) is 0 Å². The zero-order chi connectivity index (χ0) is 9.42. The monoisotopic (exact) mass is 176 g/mol. The van der Waals surface area contributed by atoms with E-state index in [0.717, 1.165) is 11.3 Å². The van der Waals surface area contributed by atoms with Gasteiger partial charge in [0.15, 0.2) is 5.84 Å². The molecule has 0 aromatic heterocycles. The summed E-state index contributed by atoms with van der Waals surface area (Å²) in [5, 5.41) is 8.72. The van der Waals surface area contributed by atoms with E-state index in [4.69, 9.17) is 5.11 Å². The second-order valence-corrected chi connectivity index (χ2v) is 3.01. The molecule has 4 heteroatoms. The molecule has 0 fully saturated rings. The first kappa shape index (κ1) is 7.91. The second-order valence-electron chi connectivity index (χ2n) is 3.01. The minimum absolute atomic E-state index is 0.319. The number of carboxylic acids is 1. The van der Waals surface area contributed by atoms with Crippen molar-refractivity contribution in [3.63, 3.8) is 0 Å². The summed E-state index contributed by atoms with van der Waals surface area (Å²) in [6.07, 6.45) is 3.67. The lowest BCUT2D eigenvalue weighted by atomic mass is 10.0. The number of carboxylic acid groups (broad SMARTS) is 1. The van der Waals surface area contributed by atoms with E-state index in [-0.39, 0.29) is 0 Å². The molecule has 1 N–H and O–H groups in total. The van der Waals surface area contributed by atoms with Crippen LogP contribution in [0.15, 0.2) is 33.4 Å². The summed E-state index contributed by atoms with van der Waals surface area (Å²) in [6.45, 7) is 1.87. The van der Waals surface area contributed by atoms with Gasteiger partial charge in [-0.25, -0.2) is 14.8 Å². The Hall–Kier alpha value is -1.71. The van der Waals surface area contributed by atoms with E-state index in [1.54, 1.807) is 0 Å². The molecule has 0 saturated heterocycles. The summed E-state index contributed by atoms with van der Waals surface area (Å²) in [5.41, 5.74) is 2.10. The number of rotatable bonds is 1. The van der Waals surface area contributed by atoms with Crippen LogP contribution in [-0.4, -0.2) is 22.6 Å². The van der Waals surface area contributed by atoms with Crippen LogP contribution in [0.25, 0.3) is 0 Å². The third kappa shape index (κ3) is 1.30. The molecule has 0 spiro atoms. The van der Waals surface area contributed by atoms with Gasteiger partial charge in [0.2, 0.25) is 0 Å². The van der Waals surface area contributed by atoms with Crippen LogP contribution < -0.4 is 0 Å². The highest BCUT2D eigenvalue weighted by Crippen LogP contribution is 2.22. The average molecular weight is 176 g/mol. The molecule has 2 aliphatic heterocycles. The van der Waals surface area contributed by atoms with Crippen LogP contribution in [0, 0.1) is 0 Å². The summed E-state index contributed by atoms with van der Waals surface area (Å²) in [7, 11) is 0. The highest BCUT2D eigenvalue weighted by atomic mass is 16.4. The Morgan fingerprint density at radius 3 is 3.08 bits per heavy atom. The first-order valence-electron chi connectivity index (χ1n) is 3.93. The van der Waals surface area contributed by atoms with Gasteiger partial charge in [0.05, 0.1) is 5.57 Å². The van der Waals surface area contributed by atoms with Crippen molar-refractivity contribution >= 4 is 17.5 Å². The van der Waals surface area contributed by atoms with Gasteiger partial charge in [0, 0.05) is 23.9 Å². The van der Waals surface area contributed by atoms with Crippen LogP contribution in [0.2, 0.25) is 0 Å². The number of carbonyl (C=O) groups is 1. The predicted octanol–water partition coefficient (Wildman–Crippen LogP) is 1.16. The molecule has 0 amide bonds. The molecule has 0 bridgehead atoms. The summed E-state index contributed by atoms with van der Waals surface area (Å²) >= 11 is 0. The third-order valence-electron chi connectivity index (χ3n) is 1.95. The maximum atomic E-state index is 10.6. The van der Waals surface area contributed by atoms with Crippen LogP contribution >= 0.6 is 0 Å². The first-order valence-corrected chi connectivity index (χ1v) is 3.93. The van der Waals surface area contributed by atoms with E-state index in [9.17, 15) is 4.79 Å². The van der Waals surface area contributed by atoms with Gasteiger partial charge < -0.3 is 5.11 Å². The Balaban J connectivity index is 2.34. The van der Waals surface area contributed by atoms with Crippen LogP contribution in [0.5, 0.6) is 0 Å². The number of hydrogen-bond donors (Lipinski definition) is 1. The number of hydrogen-bond acceptors (Lipinski definition) is 3. The molecule has 13 heavy (non-hydrogen) atoms. The first-order chi connectivity index (χ1) is 6.16. The second kappa shape index (κ2) is 2.65. The fourth-order valence-corrected chi connectivity index (χ4v) is 1.35. The minimum Gasteiger partial charge on any atom is -0.478 e. The molecule has 66 valence electrons. The number of fused-ring (bicyclic) bond motifs is 1. The molecule has 0 radical (unpaired) electrons. The van der Waals surface area contributed by atoms with Gasteiger partial charge >= 0.3 is 5.97 Å². The highest BCUT2D eigenvalue weighted by molar-refractivity contribution is 6.18. The summed E-state index contributed by atoms with van der Waals surface area (Å²) in [5.74, 6) is -0.254. The summed E-state index contributed by atoms with van der Waals surface area (Å²) in [4.78, 5) is 18.7. The maximum absolute atomic E-state index is 10.6. The van der Waals surface area contributed by atoms with Gasteiger partial charge in [0.1, 0.15) is 0 Å². The molecule has 0 aliphatic carbocycles. The van der Waals surface area contributed by atoms with Crippen molar-refractivity contribution in [2.75, 3.05) is 0 Å². The SMILES string of the molecule is CC1=NC2=NC=C(C(=O)O)CC2=C1. The van der Waals surface area contributed by atoms with Crippen molar-refractivity contribution in [3.8, 4) is 0 Å². The molecule has 0 atom stereocenters. The molecule has 0 aromatic carbocycles. The van der Waals surface area contributed by atoms with E-state index in [1.165, 1.54) is 6.20 Å². The highest BCUT2D eigenvalue weighted by Gasteiger charge is 2.21. The average Bonchev–Trinajstić information content (AvgIpc) is 2.42. The van der Waals surface area contributed by atoms with Gasteiger partial charge in [-0.05, 0) is 13.0 Å². The van der Waals surface area contributed by atoms with Crippen LogP contribution in [0.1, 0.15) is 13.3 Å². The van der Waals surface area contributed by atoms with Gasteiger partial charge in [-0.2, -0.15) is 0 Å². The number of allylic oxidation sites excluding steroid dienone is 1. The van der Waals surface area contributed by atoms with E-state index in [0.29, 0.717) is 17.8 Å². The van der Waals surface area contributed by atoms with Crippen molar-refractivity contribution in [2.45, 2.75) is 13.3 Å². The molecule has 0 aromatic rings. The molecular weight excluding hydrogens is 168 g/mol. The number of aliphatic imine (C=N–C) groups is 2. The summed E-state index contributed by atoms with van der Waals surface area (Å²) < 4.78 is 0. The number of amidine groups is 1. The Labute approximate surface area is 75.0 Å². The molecule has 4 nitrogen and oxygen atoms in total.